The second kappa shape index (κ2) is 10.0. The van der Waals surface area contributed by atoms with E-state index in [4.69, 9.17) is 18.6 Å². The van der Waals surface area contributed by atoms with Gasteiger partial charge >= 0.3 is 17.6 Å². The third-order valence-electron chi connectivity index (χ3n) is 4.74. The number of ether oxygens (including phenoxy) is 3. The molecule has 0 fully saturated rings. The molecule has 0 amide bonds. The lowest BCUT2D eigenvalue weighted by Gasteiger charge is -2.13. The van der Waals surface area contributed by atoms with Crippen LogP contribution in [0.25, 0.3) is 11.0 Å². The maximum absolute atomic E-state index is 12.7. The SMILES string of the molecule is COCCOC(=O)CCc1cc2c(C)cc(=O)oc2cc1OC(=O)c1cccc(C)c1. The summed E-state index contributed by atoms with van der Waals surface area (Å²) in [6, 6.07) is 11.7. The maximum Gasteiger partial charge on any atom is 0.343 e. The molecule has 7 heteroatoms. The Morgan fingerprint density at radius 2 is 1.84 bits per heavy atom. The molecular formula is C24H24O7. The van der Waals surface area contributed by atoms with Crippen LogP contribution >= 0.6 is 0 Å². The van der Waals surface area contributed by atoms with Gasteiger partial charge in [-0.2, -0.15) is 0 Å². The summed E-state index contributed by atoms with van der Waals surface area (Å²) in [5.41, 5.74) is 2.50. The minimum atomic E-state index is -0.540. The van der Waals surface area contributed by atoms with Crippen LogP contribution in [-0.2, 0) is 20.7 Å². The van der Waals surface area contributed by atoms with E-state index in [2.05, 4.69) is 0 Å². The average molecular weight is 424 g/mol. The Kier molecular flexibility index (Phi) is 7.20. The lowest BCUT2D eigenvalue weighted by atomic mass is 10.0. The number of carbonyl (C=O) groups excluding carboxylic acids is 2. The fourth-order valence-corrected chi connectivity index (χ4v) is 3.16. The van der Waals surface area contributed by atoms with Crippen LogP contribution in [0, 0.1) is 13.8 Å². The van der Waals surface area contributed by atoms with Gasteiger partial charge in [0.25, 0.3) is 0 Å². The summed E-state index contributed by atoms with van der Waals surface area (Å²) in [4.78, 5) is 36.5. The topological polar surface area (TPSA) is 92.0 Å². The van der Waals surface area contributed by atoms with Crippen molar-refractivity contribution in [2.45, 2.75) is 26.7 Å². The van der Waals surface area contributed by atoms with Crippen molar-refractivity contribution in [3.63, 3.8) is 0 Å². The number of esters is 2. The molecule has 0 aliphatic heterocycles. The second-order valence-corrected chi connectivity index (χ2v) is 7.18. The molecule has 0 spiro atoms. The number of benzene rings is 2. The molecule has 1 heterocycles. The van der Waals surface area contributed by atoms with Gasteiger partial charge in [0.05, 0.1) is 12.2 Å². The van der Waals surface area contributed by atoms with E-state index < -0.39 is 11.6 Å². The molecule has 2 aromatic carbocycles. The first kappa shape index (κ1) is 22.2. The molecule has 0 unspecified atom stereocenters. The zero-order valence-electron chi connectivity index (χ0n) is 17.7. The molecule has 0 saturated carbocycles. The standard InChI is InChI=1S/C24H24O7/c1-15-5-4-6-18(11-15)24(27)31-20-14-21-19(16(2)12-23(26)30-21)13-17(20)7-8-22(25)29-10-9-28-3/h4-6,11-14H,7-10H2,1-3H3. The molecule has 0 aliphatic carbocycles. The van der Waals surface area contributed by atoms with Gasteiger partial charge < -0.3 is 18.6 Å². The van der Waals surface area contributed by atoms with Crippen LogP contribution in [0.1, 0.15) is 33.5 Å². The first-order valence-corrected chi connectivity index (χ1v) is 9.88. The van der Waals surface area contributed by atoms with E-state index >= 15 is 0 Å². The van der Waals surface area contributed by atoms with E-state index in [9.17, 15) is 14.4 Å². The highest BCUT2D eigenvalue weighted by atomic mass is 16.6. The zero-order chi connectivity index (χ0) is 22.4. The van der Waals surface area contributed by atoms with Crippen molar-refractivity contribution in [3.8, 4) is 5.75 Å². The Hall–Kier alpha value is -3.45. The first-order valence-electron chi connectivity index (χ1n) is 9.88. The van der Waals surface area contributed by atoms with E-state index in [-0.39, 0.29) is 31.2 Å². The fraction of sp³-hybridized carbons (Fsp3) is 0.292. The first-order chi connectivity index (χ1) is 14.9. The normalized spacial score (nSPS) is 10.8. The van der Waals surface area contributed by atoms with Gasteiger partial charge in [-0.25, -0.2) is 9.59 Å². The molecule has 0 N–H and O–H groups in total. The molecule has 31 heavy (non-hydrogen) atoms. The van der Waals surface area contributed by atoms with Crippen molar-refractivity contribution < 1.29 is 28.2 Å². The number of methoxy groups -OCH3 is 1. The molecule has 0 aliphatic rings. The van der Waals surface area contributed by atoms with E-state index in [1.54, 1.807) is 31.2 Å². The predicted molar refractivity (Wildman–Crippen MR) is 115 cm³/mol. The maximum atomic E-state index is 12.7. The number of carbonyl (C=O) groups is 2. The second-order valence-electron chi connectivity index (χ2n) is 7.18. The number of rotatable bonds is 8. The third kappa shape index (κ3) is 5.79. The molecule has 0 radical (unpaired) electrons. The molecule has 0 saturated heterocycles. The molecule has 3 rings (SSSR count). The summed E-state index contributed by atoms with van der Waals surface area (Å²) in [6.07, 6.45) is 0.386. The highest BCUT2D eigenvalue weighted by molar-refractivity contribution is 5.92. The Bertz CT molecular complexity index is 1160. The van der Waals surface area contributed by atoms with Crippen molar-refractivity contribution in [3.05, 3.63) is 75.1 Å². The van der Waals surface area contributed by atoms with E-state index in [0.29, 0.717) is 28.7 Å². The number of hydrogen-bond donors (Lipinski definition) is 0. The third-order valence-corrected chi connectivity index (χ3v) is 4.74. The number of hydrogen-bond acceptors (Lipinski definition) is 7. The Labute approximate surface area is 179 Å². The van der Waals surface area contributed by atoms with E-state index in [0.717, 1.165) is 11.1 Å². The predicted octanol–water partition coefficient (Wildman–Crippen LogP) is 3.75. The van der Waals surface area contributed by atoms with Crippen molar-refractivity contribution in [1.82, 2.24) is 0 Å². The summed E-state index contributed by atoms with van der Waals surface area (Å²) in [5, 5.41) is 0.706. The zero-order valence-corrected chi connectivity index (χ0v) is 17.7. The molecular weight excluding hydrogens is 400 g/mol. The van der Waals surface area contributed by atoms with Gasteiger partial charge in [-0.1, -0.05) is 17.7 Å². The van der Waals surface area contributed by atoms with Gasteiger partial charge in [0.2, 0.25) is 0 Å². The van der Waals surface area contributed by atoms with Crippen molar-refractivity contribution in [2.75, 3.05) is 20.3 Å². The summed E-state index contributed by atoms with van der Waals surface area (Å²) < 4.78 is 20.9. The molecule has 0 atom stereocenters. The van der Waals surface area contributed by atoms with E-state index in [1.165, 1.54) is 19.2 Å². The lowest BCUT2D eigenvalue weighted by molar-refractivity contribution is -0.144. The summed E-state index contributed by atoms with van der Waals surface area (Å²) in [5.74, 6) is -0.691. The van der Waals surface area contributed by atoms with Crippen LogP contribution in [-0.4, -0.2) is 32.3 Å². The Balaban J connectivity index is 1.91. The Morgan fingerprint density at radius 3 is 2.58 bits per heavy atom. The average Bonchev–Trinajstić information content (AvgIpc) is 2.72. The number of fused-ring (bicyclic) bond motifs is 1. The van der Waals surface area contributed by atoms with Gasteiger partial charge in [-0.15, -0.1) is 0 Å². The minimum absolute atomic E-state index is 0.0973. The van der Waals surface area contributed by atoms with Gasteiger partial charge in [0, 0.05) is 31.0 Å². The smallest absolute Gasteiger partial charge is 0.343 e. The minimum Gasteiger partial charge on any atom is -0.463 e. The fourth-order valence-electron chi connectivity index (χ4n) is 3.16. The van der Waals surface area contributed by atoms with Crippen LogP contribution in [0.2, 0.25) is 0 Å². The summed E-state index contributed by atoms with van der Waals surface area (Å²) >= 11 is 0. The lowest BCUT2D eigenvalue weighted by Crippen LogP contribution is -2.13. The van der Waals surface area contributed by atoms with Crippen molar-refractivity contribution >= 4 is 22.9 Å². The van der Waals surface area contributed by atoms with Gasteiger partial charge in [-0.05, 0) is 49.6 Å². The monoisotopic (exact) mass is 424 g/mol. The van der Waals surface area contributed by atoms with Crippen molar-refractivity contribution in [2.24, 2.45) is 0 Å². The highest BCUT2D eigenvalue weighted by Gasteiger charge is 2.16. The Morgan fingerprint density at radius 1 is 1.03 bits per heavy atom. The number of aryl methyl sites for hydroxylation is 3. The van der Waals surface area contributed by atoms with Gasteiger partial charge in [0.1, 0.15) is 17.9 Å². The van der Waals surface area contributed by atoms with Crippen LogP contribution in [0.4, 0.5) is 0 Å². The summed E-state index contributed by atoms with van der Waals surface area (Å²) in [7, 11) is 1.53. The molecule has 162 valence electrons. The highest BCUT2D eigenvalue weighted by Crippen LogP contribution is 2.29. The van der Waals surface area contributed by atoms with Crippen molar-refractivity contribution in [1.29, 1.82) is 0 Å². The van der Waals surface area contributed by atoms with Crippen LogP contribution in [0.5, 0.6) is 5.75 Å². The summed E-state index contributed by atoms with van der Waals surface area (Å²) in [6.45, 7) is 4.16. The molecule has 1 aromatic heterocycles. The quantitative estimate of drug-likeness (QED) is 0.235. The van der Waals surface area contributed by atoms with Crippen LogP contribution in [0.15, 0.2) is 51.7 Å². The van der Waals surface area contributed by atoms with Crippen LogP contribution < -0.4 is 10.4 Å². The van der Waals surface area contributed by atoms with E-state index in [1.807, 2.05) is 13.0 Å². The van der Waals surface area contributed by atoms with Gasteiger partial charge in [-0.3, -0.25) is 4.79 Å². The molecule has 7 nitrogen and oxygen atoms in total. The largest absolute Gasteiger partial charge is 0.463 e. The van der Waals surface area contributed by atoms with Gasteiger partial charge in [0.15, 0.2) is 0 Å². The molecule has 3 aromatic rings. The van der Waals surface area contributed by atoms with Crippen LogP contribution in [0.3, 0.4) is 0 Å². The molecule has 0 bridgehead atoms.